The van der Waals surface area contributed by atoms with Gasteiger partial charge in [0.25, 0.3) is 5.91 Å². The van der Waals surface area contributed by atoms with E-state index in [-0.39, 0.29) is 11.6 Å². The number of carbonyl (C=O) groups is 1. The number of aliphatic hydroxyl groups excluding tert-OH is 1. The zero-order valence-corrected chi connectivity index (χ0v) is 17.2. The average Bonchev–Trinajstić information content (AvgIpc) is 3.20. The molecule has 0 bridgehead atoms. The van der Waals surface area contributed by atoms with Crippen LogP contribution in [0.2, 0.25) is 0 Å². The first-order valence-corrected chi connectivity index (χ1v) is 10.9. The minimum Gasteiger partial charge on any atom is -0.507 e. The van der Waals surface area contributed by atoms with Gasteiger partial charge < -0.3 is 10.0 Å². The van der Waals surface area contributed by atoms with Crippen LogP contribution in [-0.2, 0) is 11.2 Å². The second-order valence-corrected chi connectivity index (χ2v) is 8.61. The lowest BCUT2D eigenvalue weighted by Gasteiger charge is -2.36. The summed E-state index contributed by atoms with van der Waals surface area (Å²) < 4.78 is 15.0. The molecule has 153 valence electrons. The van der Waals surface area contributed by atoms with Crippen molar-refractivity contribution in [1.82, 2.24) is 10.2 Å². The summed E-state index contributed by atoms with van der Waals surface area (Å²) in [7, 11) is 0. The maximum absolute atomic E-state index is 14.0. The molecule has 3 aromatic rings. The van der Waals surface area contributed by atoms with Gasteiger partial charge in [-0.2, -0.15) is 0 Å². The number of hydrogen-bond acceptors (Lipinski definition) is 5. The monoisotopic (exact) mass is 422 g/mol. The summed E-state index contributed by atoms with van der Waals surface area (Å²) in [5.41, 5.74) is 3.21. The molecule has 1 saturated heterocycles. The fourth-order valence-corrected chi connectivity index (χ4v) is 5.00. The Kier molecular flexibility index (Phi) is 4.92. The maximum Gasteiger partial charge on any atom is 0.274 e. The summed E-state index contributed by atoms with van der Waals surface area (Å²) in [6, 6.07) is 11.0. The van der Waals surface area contributed by atoms with Crippen LogP contribution in [-0.4, -0.2) is 48.6 Å². The lowest BCUT2D eigenvalue weighted by Crippen LogP contribution is -2.47. The Morgan fingerprint density at radius 1 is 1.10 bits per heavy atom. The SMILES string of the molecule is O=C1C=C(O)c2ccc(CCN3CCN(c4cc(F)cc5sccc45)CC3)cc2[N]1. The van der Waals surface area contributed by atoms with Crippen LogP contribution in [0.25, 0.3) is 15.8 Å². The molecule has 5 nitrogen and oxygen atoms in total. The molecule has 2 aliphatic rings. The molecular weight excluding hydrogens is 401 g/mol. The number of halogens is 1. The molecule has 0 atom stereocenters. The minimum absolute atomic E-state index is 0.0234. The van der Waals surface area contributed by atoms with E-state index in [2.05, 4.69) is 21.2 Å². The highest BCUT2D eigenvalue weighted by molar-refractivity contribution is 7.17. The van der Waals surface area contributed by atoms with E-state index in [0.717, 1.165) is 66.6 Å². The summed E-state index contributed by atoms with van der Waals surface area (Å²) in [5, 5.41) is 17.0. The van der Waals surface area contributed by atoms with Gasteiger partial charge >= 0.3 is 0 Å². The third kappa shape index (κ3) is 3.66. The Hall–Kier alpha value is -2.90. The van der Waals surface area contributed by atoms with E-state index in [0.29, 0.717) is 11.3 Å². The Balaban J connectivity index is 1.21. The number of aliphatic hydroxyl groups is 1. The van der Waals surface area contributed by atoms with Crippen molar-refractivity contribution in [2.45, 2.75) is 6.42 Å². The van der Waals surface area contributed by atoms with Gasteiger partial charge in [-0.05, 0) is 47.7 Å². The first-order chi connectivity index (χ1) is 14.6. The summed E-state index contributed by atoms with van der Waals surface area (Å²) in [6.45, 7) is 4.46. The molecule has 1 radical (unpaired) electrons. The fourth-order valence-electron chi connectivity index (χ4n) is 4.17. The normalized spacial score (nSPS) is 17.0. The Labute approximate surface area is 178 Å². The van der Waals surface area contributed by atoms with Gasteiger partial charge in [0.15, 0.2) is 0 Å². The van der Waals surface area contributed by atoms with Crippen molar-refractivity contribution in [1.29, 1.82) is 0 Å². The second kappa shape index (κ2) is 7.74. The van der Waals surface area contributed by atoms with Gasteiger partial charge in [0.1, 0.15) is 11.6 Å². The Morgan fingerprint density at radius 2 is 1.93 bits per heavy atom. The fraction of sp³-hybridized carbons (Fsp3) is 0.261. The summed E-state index contributed by atoms with van der Waals surface area (Å²) >= 11 is 1.57. The van der Waals surface area contributed by atoms with Crippen LogP contribution in [0, 0.1) is 5.82 Å². The van der Waals surface area contributed by atoms with Crippen molar-refractivity contribution in [3.63, 3.8) is 0 Å². The number of benzene rings is 2. The highest BCUT2D eigenvalue weighted by Gasteiger charge is 2.21. The van der Waals surface area contributed by atoms with Crippen molar-refractivity contribution in [2.24, 2.45) is 0 Å². The van der Waals surface area contributed by atoms with Gasteiger partial charge in [0.2, 0.25) is 0 Å². The van der Waals surface area contributed by atoms with Crippen molar-refractivity contribution in [3.8, 4) is 0 Å². The third-order valence-electron chi connectivity index (χ3n) is 5.77. The second-order valence-electron chi connectivity index (χ2n) is 7.67. The summed E-state index contributed by atoms with van der Waals surface area (Å²) in [4.78, 5) is 16.2. The predicted octanol–water partition coefficient (Wildman–Crippen LogP) is 4.08. The predicted molar refractivity (Wildman–Crippen MR) is 118 cm³/mol. The number of anilines is 1. The van der Waals surface area contributed by atoms with Crippen molar-refractivity contribution in [3.05, 3.63) is 64.8 Å². The van der Waals surface area contributed by atoms with Crippen molar-refractivity contribution >= 4 is 44.5 Å². The van der Waals surface area contributed by atoms with Crippen LogP contribution < -0.4 is 10.2 Å². The summed E-state index contributed by atoms with van der Waals surface area (Å²) in [5.74, 6) is -0.630. The Morgan fingerprint density at radius 3 is 2.77 bits per heavy atom. The van der Waals surface area contributed by atoms with Crippen LogP contribution >= 0.6 is 11.3 Å². The van der Waals surface area contributed by atoms with Gasteiger partial charge in [-0.15, -0.1) is 11.3 Å². The lowest BCUT2D eigenvalue weighted by molar-refractivity contribution is -0.115. The van der Waals surface area contributed by atoms with Crippen LogP contribution in [0.15, 0.2) is 47.9 Å². The van der Waals surface area contributed by atoms with Gasteiger partial charge in [0, 0.05) is 60.1 Å². The molecule has 1 fully saturated rings. The molecular formula is C23H21FN3O2S. The van der Waals surface area contributed by atoms with E-state index in [9.17, 15) is 14.3 Å². The number of fused-ring (bicyclic) bond motifs is 2. The van der Waals surface area contributed by atoms with E-state index in [1.807, 2.05) is 23.6 Å². The molecule has 30 heavy (non-hydrogen) atoms. The summed E-state index contributed by atoms with van der Waals surface area (Å²) in [6.07, 6.45) is 1.99. The highest BCUT2D eigenvalue weighted by atomic mass is 32.1. The van der Waals surface area contributed by atoms with E-state index < -0.39 is 5.91 Å². The van der Waals surface area contributed by atoms with Crippen LogP contribution in [0.4, 0.5) is 15.8 Å². The van der Waals surface area contributed by atoms with Crippen LogP contribution in [0.3, 0.4) is 0 Å². The molecule has 7 heteroatoms. The van der Waals surface area contributed by atoms with Crippen molar-refractivity contribution < 1.29 is 14.3 Å². The molecule has 0 spiro atoms. The maximum atomic E-state index is 14.0. The Bertz CT molecular complexity index is 1150. The number of carbonyl (C=O) groups excluding carboxylic acids is 1. The van der Waals surface area contributed by atoms with Crippen LogP contribution in [0.5, 0.6) is 0 Å². The van der Waals surface area contributed by atoms with Crippen molar-refractivity contribution in [2.75, 3.05) is 37.6 Å². The molecule has 2 aromatic carbocycles. The number of hydrogen-bond donors (Lipinski definition) is 1. The molecule has 0 saturated carbocycles. The first kappa shape index (κ1) is 19.1. The zero-order valence-electron chi connectivity index (χ0n) is 16.3. The van der Waals surface area contributed by atoms with Gasteiger partial charge in [-0.3, -0.25) is 9.69 Å². The average molecular weight is 423 g/mol. The van der Waals surface area contributed by atoms with E-state index in [4.69, 9.17) is 0 Å². The van der Waals surface area contributed by atoms with Gasteiger partial charge in [-0.25, -0.2) is 9.71 Å². The smallest absolute Gasteiger partial charge is 0.274 e. The molecule has 1 aromatic heterocycles. The third-order valence-corrected chi connectivity index (χ3v) is 6.64. The number of nitrogens with zero attached hydrogens (tertiary/aromatic N) is 3. The topological polar surface area (TPSA) is 57.9 Å². The molecule has 1 amide bonds. The molecule has 0 unspecified atom stereocenters. The molecule has 5 rings (SSSR count). The minimum atomic E-state index is -0.426. The van der Waals surface area contributed by atoms with Gasteiger partial charge in [0.05, 0.1) is 5.69 Å². The number of rotatable bonds is 4. The number of piperazine rings is 1. The van der Waals surface area contributed by atoms with E-state index >= 15 is 0 Å². The number of thiophene rings is 1. The highest BCUT2D eigenvalue weighted by Crippen LogP contribution is 2.32. The first-order valence-electron chi connectivity index (χ1n) is 10.0. The van der Waals surface area contributed by atoms with Gasteiger partial charge in [-0.1, -0.05) is 6.07 Å². The van der Waals surface area contributed by atoms with Crippen LogP contribution in [0.1, 0.15) is 11.1 Å². The molecule has 0 aliphatic carbocycles. The van der Waals surface area contributed by atoms with E-state index in [1.54, 1.807) is 23.5 Å². The molecule has 1 N–H and O–H groups in total. The lowest BCUT2D eigenvalue weighted by atomic mass is 10.0. The number of amides is 1. The quantitative estimate of drug-likeness (QED) is 0.688. The zero-order chi connectivity index (χ0) is 20.7. The van der Waals surface area contributed by atoms with E-state index in [1.165, 1.54) is 0 Å². The largest absolute Gasteiger partial charge is 0.507 e. The molecule has 3 heterocycles. The molecule has 2 aliphatic heterocycles. The standard InChI is InChI=1S/C23H21FN3O2S/c24-16-12-20(18-4-10-30-22(18)13-16)27-8-6-26(7-9-27)5-3-15-1-2-17-19(11-15)25-23(29)14-21(17)28/h1-2,4,10-14,28H,3,5-9H2.